The molecule has 0 aliphatic carbocycles. The van der Waals surface area contributed by atoms with Gasteiger partial charge in [0.25, 0.3) is 0 Å². The van der Waals surface area contributed by atoms with Crippen molar-refractivity contribution in [3.8, 4) is 6.07 Å². The monoisotopic (exact) mass is 270 g/mol. The third kappa shape index (κ3) is 5.60. The zero-order valence-corrected chi connectivity index (χ0v) is 12.8. The number of nitriles is 1. The maximum Gasteiger partial charge on any atom is 0.105 e. The van der Waals surface area contributed by atoms with Crippen LogP contribution in [0.15, 0.2) is 0 Å². The van der Waals surface area contributed by atoms with Crippen LogP contribution in [0.3, 0.4) is 0 Å². The fourth-order valence-electron chi connectivity index (χ4n) is 2.54. The lowest BCUT2D eigenvalue weighted by atomic mass is 9.97. The summed E-state index contributed by atoms with van der Waals surface area (Å²) in [6.07, 6.45) is 3.19. The Morgan fingerprint density at radius 2 is 2.00 bits per heavy atom. The summed E-state index contributed by atoms with van der Waals surface area (Å²) in [5.74, 6) is 0. The molecule has 0 aromatic heterocycles. The molecule has 1 rings (SSSR count). The first-order valence-corrected chi connectivity index (χ1v) is 7.81. The van der Waals surface area contributed by atoms with Crippen LogP contribution in [0.1, 0.15) is 47.0 Å². The highest BCUT2D eigenvalue weighted by atomic mass is 32.2. The van der Waals surface area contributed by atoms with E-state index in [4.69, 9.17) is 4.74 Å². The van der Waals surface area contributed by atoms with E-state index in [1.807, 2.05) is 18.7 Å². The second kappa shape index (κ2) is 7.37. The molecule has 1 heterocycles. The SMILES string of the molecule is CC(C)NC(C)(C#N)CC(C)SC1CCOCC1. The van der Waals surface area contributed by atoms with Crippen molar-refractivity contribution in [3.63, 3.8) is 0 Å². The summed E-state index contributed by atoms with van der Waals surface area (Å²) in [5, 5.41) is 13.9. The number of nitrogens with zero attached hydrogens (tertiary/aromatic N) is 1. The Kier molecular flexibility index (Phi) is 6.48. The summed E-state index contributed by atoms with van der Waals surface area (Å²) in [6.45, 7) is 10.2. The Hall–Kier alpha value is -0.240. The maximum absolute atomic E-state index is 9.35. The minimum atomic E-state index is -0.411. The Morgan fingerprint density at radius 1 is 1.39 bits per heavy atom. The lowest BCUT2D eigenvalue weighted by Gasteiger charge is -2.31. The van der Waals surface area contributed by atoms with Gasteiger partial charge >= 0.3 is 0 Å². The highest BCUT2D eigenvalue weighted by Gasteiger charge is 2.28. The van der Waals surface area contributed by atoms with E-state index in [9.17, 15) is 5.26 Å². The molecule has 0 spiro atoms. The summed E-state index contributed by atoms with van der Waals surface area (Å²) in [7, 11) is 0. The molecule has 1 saturated heterocycles. The molecule has 2 unspecified atom stereocenters. The van der Waals surface area contributed by atoms with E-state index >= 15 is 0 Å². The van der Waals surface area contributed by atoms with Crippen molar-refractivity contribution < 1.29 is 4.74 Å². The van der Waals surface area contributed by atoms with Crippen LogP contribution >= 0.6 is 11.8 Å². The molecule has 4 heteroatoms. The van der Waals surface area contributed by atoms with E-state index < -0.39 is 5.54 Å². The van der Waals surface area contributed by atoms with Gasteiger partial charge in [-0.25, -0.2) is 0 Å². The molecule has 1 fully saturated rings. The van der Waals surface area contributed by atoms with Gasteiger partial charge in [-0.3, -0.25) is 5.32 Å². The average Bonchev–Trinajstić information content (AvgIpc) is 2.28. The fraction of sp³-hybridized carbons (Fsp3) is 0.929. The molecule has 1 N–H and O–H groups in total. The van der Waals surface area contributed by atoms with E-state index in [0.29, 0.717) is 16.5 Å². The summed E-state index contributed by atoms with van der Waals surface area (Å²) in [4.78, 5) is 0. The van der Waals surface area contributed by atoms with Crippen molar-refractivity contribution in [2.75, 3.05) is 13.2 Å². The van der Waals surface area contributed by atoms with Crippen molar-refractivity contribution >= 4 is 11.8 Å². The van der Waals surface area contributed by atoms with Crippen molar-refractivity contribution in [3.05, 3.63) is 0 Å². The van der Waals surface area contributed by atoms with Gasteiger partial charge in [-0.15, -0.1) is 0 Å². The van der Waals surface area contributed by atoms with Crippen molar-refractivity contribution in [1.29, 1.82) is 5.26 Å². The first-order chi connectivity index (χ1) is 8.45. The molecule has 0 amide bonds. The van der Waals surface area contributed by atoms with Gasteiger partial charge < -0.3 is 4.74 Å². The fourth-order valence-corrected chi connectivity index (χ4v) is 4.09. The van der Waals surface area contributed by atoms with Crippen LogP contribution in [0.4, 0.5) is 0 Å². The molecular formula is C14H26N2OS. The van der Waals surface area contributed by atoms with Gasteiger partial charge in [-0.1, -0.05) is 6.92 Å². The van der Waals surface area contributed by atoms with Crippen LogP contribution in [0.25, 0.3) is 0 Å². The Balaban J connectivity index is 2.41. The van der Waals surface area contributed by atoms with E-state index in [1.165, 1.54) is 0 Å². The van der Waals surface area contributed by atoms with E-state index in [2.05, 4.69) is 32.2 Å². The number of nitrogens with one attached hydrogen (secondary N) is 1. The van der Waals surface area contributed by atoms with Gasteiger partial charge in [0.2, 0.25) is 0 Å². The molecule has 1 aliphatic heterocycles. The molecule has 1 aliphatic rings. The zero-order valence-electron chi connectivity index (χ0n) is 12.0. The number of hydrogen-bond acceptors (Lipinski definition) is 4. The second-order valence-electron chi connectivity index (χ2n) is 5.71. The van der Waals surface area contributed by atoms with E-state index in [1.54, 1.807) is 0 Å². The lowest BCUT2D eigenvalue weighted by Crippen LogP contribution is -2.46. The second-order valence-corrected chi connectivity index (χ2v) is 7.45. The summed E-state index contributed by atoms with van der Waals surface area (Å²) in [5.41, 5.74) is -0.411. The number of hydrogen-bond donors (Lipinski definition) is 1. The van der Waals surface area contributed by atoms with Gasteiger partial charge in [-0.2, -0.15) is 17.0 Å². The van der Waals surface area contributed by atoms with Crippen LogP contribution < -0.4 is 5.32 Å². The quantitative estimate of drug-likeness (QED) is 0.806. The van der Waals surface area contributed by atoms with Gasteiger partial charge in [-0.05, 0) is 40.0 Å². The molecule has 3 nitrogen and oxygen atoms in total. The molecule has 0 aromatic carbocycles. The topological polar surface area (TPSA) is 45.0 Å². The molecule has 0 saturated carbocycles. The average molecular weight is 270 g/mol. The van der Waals surface area contributed by atoms with Gasteiger partial charge in [0.05, 0.1) is 6.07 Å². The smallest absolute Gasteiger partial charge is 0.105 e. The lowest BCUT2D eigenvalue weighted by molar-refractivity contribution is 0.0999. The summed E-state index contributed by atoms with van der Waals surface area (Å²) in [6, 6.07) is 2.77. The van der Waals surface area contributed by atoms with Crippen LogP contribution in [0.2, 0.25) is 0 Å². The molecular weight excluding hydrogens is 244 g/mol. The highest BCUT2D eigenvalue weighted by molar-refractivity contribution is 8.00. The Morgan fingerprint density at radius 3 is 2.50 bits per heavy atom. The molecule has 0 aromatic rings. The predicted octanol–water partition coefficient (Wildman–Crippen LogP) is 2.96. The largest absolute Gasteiger partial charge is 0.381 e. The van der Waals surface area contributed by atoms with Gasteiger partial charge in [0.15, 0.2) is 0 Å². The standard InChI is InChI=1S/C14H26N2OS/c1-11(2)16-14(4,10-15)9-12(3)18-13-5-7-17-8-6-13/h11-13,16H,5-9H2,1-4H3. The molecule has 104 valence electrons. The first-order valence-electron chi connectivity index (χ1n) is 6.87. The van der Waals surface area contributed by atoms with Crippen LogP contribution in [0.5, 0.6) is 0 Å². The van der Waals surface area contributed by atoms with Crippen LogP contribution in [0, 0.1) is 11.3 Å². The van der Waals surface area contributed by atoms with E-state index in [0.717, 1.165) is 32.5 Å². The normalized spacial score (nSPS) is 22.4. The van der Waals surface area contributed by atoms with Crippen molar-refractivity contribution in [2.45, 2.75) is 69.0 Å². The predicted molar refractivity (Wildman–Crippen MR) is 77.8 cm³/mol. The molecule has 2 atom stereocenters. The summed E-state index contributed by atoms with van der Waals surface area (Å²) < 4.78 is 5.38. The third-order valence-electron chi connectivity index (χ3n) is 3.14. The maximum atomic E-state index is 9.35. The Labute approximate surface area is 116 Å². The number of thioether (sulfide) groups is 1. The van der Waals surface area contributed by atoms with Crippen LogP contribution in [-0.4, -0.2) is 35.3 Å². The number of rotatable bonds is 6. The van der Waals surface area contributed by atoms with Gasteiger partial charge in [0.1, 0.15) is 5.54 Å². The molecule has 18 heavy (non-hydrogen) atoms. The van der Waals surface area contributed by atoms with Gasteiger partial charge in [0, 0.05) is 29.8 Å². The third-order valence-corrected chi connectivity index (χ3v) is 4.63. The minimum absolute atomic E-state index is 0.343. The highest BCUT2D eigenvalue weighted by Crippen LogP contribution is 2.30. The number of ether oxygens (including phenoxy) is 1. The first kappa shape index (κ1) is 15.8. The molecule has 0 bridgehead atoms. The Bertz CT molecular complexity index is 284. The van der Waals surface area contributed by atoms with E-state index in [-0.39, 0.29) is 0 Å². The zero-order chi connectivity index (χ0) is 13.6. The van der Waals surface area contributed by atoms with Crippen molar-refractivity contribution in [1.82, 2.24) is 5.32 Å². The van der Waals surface area contributed by atoms with Crippen LogP contribution in [-0.2, 0) is 4.74 Å². The molecule has 0 radical (unpaired) electrons. The minimum Gasteiger partial charge on any atom is -0.381 e. The summed E-state index contributed by atoms with van der Waals surface area (Å²) >= 11 is 2.02. The van der Waals surface area contributed by atoms with Crippen molar-refractivity contribution in [2.24, 2.45) is 0 Å².